The summed E-state index contributed by atoms with van der Waals surface area (Å²) < 4.78 is 5.13. The molecule has 2 N–H and O–H groups in total. The molecule has 1 heterocycles. The third-order valence-electron chi connectivity index (χ3n) is 3.16. The van der Waals surface area contributed by atoms with Crippen molar-refractivity contribution in [2.45, 2.75) is 6.92 Å². The molecule has 1 aromatic carbocycles. The van der Waals surface area contributed by atoms with Gasteiger partial charge in [-0.2, -0.15) is 11.3 Å². The van der Waals surface area contributed by atoms with Crippen LogP contribution in [0.15, 0.2) is 41.1 Å². The van der Waals surface area contributed by atoms with Crippen molar-refractivity contribution in [2.75, 3.05) is 26.3 Å². The number of hydrogen-bond donors (Lipinski definition) is 2. The maximum Gasteiger partial charge on any atom is 0.251 e. The van der Waals surface area contributed by atoms with Crippen molar-refractivity contribution in [2.24, 2.45) is 0 Å². The summed E-state index contributed by atoms with van der Waals surface area (Å²) >= 11 is 1.61. The van der Waals surface area contributed by atoms with E-state index in [1.807, 2.05) is 41.9 Å². The Bertz CT molecular complexity index is 641. The number of nitrogens with one attached hydrogen (secondary N) is 2. The third-order valence-corrected chi connectivity index (χ3v) is 3.84. The summed E-state index contributed by atoms with van der Waals surface area (Å²) in [5, 5.41) is 9.33. The van der Waals surface area contributed by atoms with E-state index in [0.717, 1.165) is 11.1 Å². The highest BCUT2D eigenvalue weighted by Gasteiger charge is 2.09. The van der Waals surface area contributed by atoms with Gasteiger partial charge in [0, 0.05) is 18.7 Å². The smallest absolute Gasteiger partial charge is 0.251 e. The van der Waals surface area contributed by atoms with Crippen LogP contribution in [0.3, 0.4) is 0 Å². The molecule has 0 saturated heterocycles. The molecule has 0 radical (unpaired) electrons. The van der Waals surface area contributed by atoms with E-state index in [0.29, 0.717) is 25.3 Å². The van der Waals surface area contributed by atoms with E-state index in [4.69, 9.17) is 4.74 Å². The van der Waals surface area contributed by atoms with Crippen molar-refractivity contribution in [1.29, 1.82) is 0 Å². The molecule has 2 aromatic rings. The van der Waals surface area contributed by atoms with Gasteiger partial charge >= 0.3 is 0 Å². The second-order valence-electron chi connectivity index (χ2n) is 4.82. The first-order valence-corrected chi connectivity index (χ1v) is 8.40. The molecule has 0 atom stereocenters. The Morgan fingerprint density at radius 3 is 2.78 bits per heavy atom. The van der Waals surface area contributed by atoms with E-state index in [-0.39, 0.29) is 18.4 Å². The van der Waals surface area contributed by atoms with Gasteiger partial charge in [-0.1, -0.05) is 12.1 Å². The average molecular weight is 332 g/mol. The zero-order valence-electron chi connectivity index (χ0n) is 13.0. The summed E-state index contributed by atoms with van der Waals surface area (Å²) in [6.45, 7) is 3.38. The molecular weight excluding hydrogens is 312 g/mol. The van der Waals surface area contributed by atoms with Gasteiger partial charge in [0.15, 0.2) is 0 Å². The van der Waals surface area contributed by atoms with Crippen LogP contribution < -0.4 is 10.6 Å². The number of benzene rings is 1. The Balaban J connectivity index is 1.84. The van der Waals surface area contributed by atoms with E-state index < -0.39 is 0 Å². The fourth-order valence-electron chi connectivity index (χ4n) is 2.00. The maximum absolute atomic E-state index is 12.1. The molecule has 0 aliphatic rings. The molecule has 23 heavy (non-hydrogen) atoms. The second kappa shape index (κ2) is 9.07. The molecule has 0 saturated carbocycles. The lowest BCUT2D eigenvalue weighted by atomic mass is 10.1. The summed E-state index contributed by atoms with van der Waals surface area (Å²) in [5.41, 5.74) is 2.61. The van der Waals surface area contributed by atoms with Crippen LogP contribution in [-0.4, -0.2) is 38.1 Å². The quantitative estimate of drug-likeness (QED) is 0.729. The number of amides is 2. The molecule has 5 nitrogen and oxygen atoms in total. The zero-order chi connectivity index (χ0) is 16.5. The summed E-state index contributed by atoms with van der Waals surface area (Å²) in [5.74, 6) is -0.492. The van der Waals surface area contributed by atoms with E-state index in [1.54, 1.807) is 17.4 Å². The highest BCUT2D eigenvalue weighted by atomic mass is 32.1. The van der Waals surface area contributed by atoms with Crippen LogP contribution in [0, 0.1) is 0 Å². The molecule has 0 aliphatic carbocycles. The number of ether oxygens (including phenoxy) is 1. The standard InChI is InChI=1S/C17H20N2O3S/c1-2-22-8-7-18-16(20)11-19-17(21)14-5-3-4-13(10-14)15-6-9-23-12-15/h3-6,9-10,12H,2,7-8,11H2,1H3,(H,18,20)(H,19,21). The number of rotatable bonds is 8. The van der Waals surface area contributed by atoms with Gasteiger partial charge in [-0.05, 0) is 47.0 Å². The molecule has 0 fully saturated rings. The predicted octanol–water partition coefficient (Wildman–Crippen LogP) is 2.30. The summed E-state index contributed by atoms with van der Waals surface area (Å²) in [4.78, 5) is 23.7. The van der Waals surface area contributed by atoms with Crippen LogP contribution in [0.2, 0.25) is 0 Å². The first kappa shape index (κ1) is 17.2. The molecule has 0 unspecified atom stereocenters. The molecule has 0 spiro atoms. The highest BCUT2D eigenvalue weighted by Crippen LogP contribution is 2.22. The largest absolute Gasteiger partial charge is 0.380 e. The molecule has 2 amide bonds. The fraction of sp³-hybridized carbons (Fsp3) is 0.294. The van der Waals surface area contributed by atoms with E-state index >= 15 is 0 Å². The SMILES string of the molecule is CCOCCNC(=O)CNC(=O)c1cccc(-c2ccsc2)c1. The van der Waals surface area contributed by atoms with Crippen molar-refractivity contribution >= 4 is 23.2 Å². The van der Waals surface area contributed by atoms with E-state index in [9.17, 15) is 9.59 Å². The summed E-state index contributed by atoms with van der Waals surface area (Å²) in [7, 11) is 0. The summed E-state index contributed by atoms with van der Waals surface area (Å²) in [6, 6.07) is 9.36. The number of thiophene rings is 1. The predicted molar refractivity (Wildman–Crippen MR) is 91.6 cm³/mol. The fourth-order valence-corrected chi connectivity index (χ4v) is 2.67. The molecule has 6 heteroatoms. The topological polar surface area (TPSA) is 67.4 Å². The van der Waals surface area contributed by atoms with Crippen molar-refractivity contribution in [3.8, 4) is 11.1 Å². The number of carbonyl (C=O) groups excluding carboxylic acids is 2. The first-order chi connectivity index (χ1) is 11.2. The Kier molecular flexibility index (Phi) is 6.77. The molecular formula is C17H20N2O3S. The van der Waals surface area contributed by atoms with E-state index in [1.165, 1.54) is 0 Å². The van der Waals surface area contributed by atoms with Crippen LogP contribution in [0.25, 0.3) is 11.1 Å². The molecule has 122 valence electrons. The van der Waals surface area contributed by atoms with Crippen molar-refractivity contribution in [3.63, 3.8) is 0 Å². The second-order valence-corrected chi connectivity index (χ2v) is 5.60. The lowest BCUT2D eigenvalue weighted by Crippen LogP contribution is -2.38. The molecule has 2 rings (SSSR count). The van der Waals surface area contributed by atoms with Gasteiger partial charge in [0.1, 0.15) is 0 Å². The minimum atomic E-state index is -0.262. The Hall–Kier alpha value is -2.18. The highest BCUT2D eigenvalue weighted by molar-refractivity contribution is 7.08. The van der Waals surface area contributed by atoms with Crippen molar-refractivity contribution < 1.29 is 14.3 Å². The normalized spacial score (nSPS) is 10.3. The third kappa shape index (κ3) is 5.50. The van der Waals surface area contributed by atoms with Crippen LogP contribution in [0.4, 0.5) is 0 Å². The van der Waals surface area contributed by atoms with E-state index in [2.05, 4.69) is 10.6 Å². The monoisotopic (exact) mass is 332 g/mol. The molecule has 1 aromatic heterocycles. The van der Waals surface area contributed by atoms with Gasteiger partial charge in [-0.3, -0.25) is 9.59 Å². The molecule has 0 aliphatic heterocycles. The lowest BCUT2D eigenvalue weighted by Gasteiger charge is -2.08. The Morgan fingerprint density at radius 2 is 2.04 bits per heavy atom. The van der Waals surface area contributed by atoms with Crippen LogP contribution in [0.5, 0.6) is 0 Å². The van der Waals surface area contributed by atoms with Crippen LogP contribution in [0.1, 0.15) is 17.3 Å². The van der Waals surface area contributed by atoms with Crippen molar-refractivity contribution in [1.82, 2.24) is 10.6 Å². The minimum Gasteiger partial charge on any atom is -0.380 e. The zero-order valence-corrected chi connectivity index (χ0v) is 13.8. The summed E-state index contributed by atoms with van der Waals surface area (Å²) in [6.07, 6.45) is 0. The van der Waals surface area contributed by atoms with Gasteiger partial charge in [0.2, 0.25) is 5.91 Å². The Morgan fingerprint density at radius 1 is 1.17 bits per heavy atom. The van der Waals surface area contributed by atoms with Gasteiger partial charge in [-0.25, -0.2) is 0 Å². The van der Waals surface area contributed by atoms with Crippen LogP contribution >= 0.6 is 11.3 Å². The number of carbonyl (C=O) groups is 2. The van der Waals surface area contributed by atoms with Crippen LogP contribution in [-0.2, 0) is 9.53 Å². The Labute approximate surface area is 139 Å². The number of hydrogen-bond acceptors (Lipinski definition) is 4. The first-order valence-electron chi connectivity index (χ1n) is 7.46. The van der Waals surface area contributed by atoms with Gasteiger partial charge in [0.25, 0.3) is 5.91 Å². The van der Waals surface area contributed by atoms with Gasteiger partial charge in [0.05, 0.1) is 13.2 Å². The maximum atomic E-state index is 12.1. The molecule has 0 bridgehead atoms. The lowest BCUT2D eigenvalue weighted by molar-refractivity contribution is -0.120. The minimum absolute atomic E-state index is 0.0480. The van der Waals surface area contributed by atoms with Crippen molar-refractivity contribution in [3.05, 3.63) is 46.7 Å². The van der Waals surface area contributed by atoms with Gasteiger partial charge < -0.3 is 15.4 Å². The van der Waals surface area contributed by atoms with Gasteiger partial charge in [-0.15, -0.1) is 0 Å². The average Bonchev–Trinajstić information content (AvgIpc) is 3.11.